The summed E-state index contributed by atoms with van der Waals surface area (Å²) < 4.78 is 29.4. The molecule has 4 nitrogen and oxygen atoms in total. The van der Waals surface area contributed by atoms with Crippen molar-refractivity contribution < 1.29 is 18.6 Å². The van der Waals surface area contributed by atoms with E-state index < -0.39 is 12.7 Å². The zero-order chi connectivity index (χ0) is 15.9. The molecule has 0 saturated carbocycles. The molecule has 1 aromatic carbocycles. The molecule has 1 saturated heterocycles. The molecular formula is C16H24F2N2O2. The topological polar surface area (TPSA) is 44.7 Å². The van der Waals surface area contributed by atoms with Crippen LogP contribution in [0.3, 0.4) is 0 Å². The van der Waals surface area contributed by atoms with Crippen LogP contribution in [0.1, 0.15) is 31.4 Å². The highest BCUT2D eigenvalue weighted by Gasteiger charge is 2.18. The van der Waals surface area contributed by atoms with Crippen molar-refractivity contribution in [1.82, 2.24) is 10.2 Å². The van der Waals surface area contributed by atoms with E-state index in [9.17, 15) is 13.9 Å². The summed E-state index contributed by atoms with van der Waals surface area (Å²) in [5, 5.41) is 13.2. The minimum absolute atomic E-state index is 0.173. The predicted molar refractivity (Wildman–Crippen MR) is 81.2 cm³/mol. The summed E-state index contributed by atoms with van der Waals surface area (Å²) in [7, 11) is 0. The van der Waals surface area contributed by atoms with Crippen molar-refractivity contribution in [1.29, 1.82) is 0 Å². The van der Waals surface area contributed by atoms with Gasteiger partial charge in [-0.2, -0.15) is 8.78 Å². The molecule has 2 N–H and O–H groups in total. The number of alkyl halides is 2. The van der Waals surface area contributed by atoms with E-state index in [-0.39, 0.29) is 11.8 Å². The van der Waals surface area contributed by atoms with Crippen LogP contribution in [-0.4, -0.2) is 48.9 Å². The van der Waals surface area contributed by atoms with Crippen LogP contribution >= 0.6 is 0 Å². The van der Waals surface area contributed by atoms with Gasteiger partial charge in [0.1, 0.15) is 5.75 Å². The predicted octanol–water partition coefficient (Wildman–Crippen LogP) is 2.40. The first kappa shape index (κ1) is 17.1. The van der Waals surface area contributed by atoms with Crippen LogP contribution in [0.4, 0.5) is 8.78 Å². The van der Waals surface area contributed by atoms with Crippen molar-refractivity contribution >= 4 is 0 Å². The third-order valence-corrected chi connectivity index (χ3v) is 3.93. The van der Waals surface area contributed by atoms with E-state index in [1.807, 2.05) is 6.92 Å². The number of para-hydroxylation sites is 1. The first-order valence-corrected chi connectivity index (χ1v) is 7.74. The molecule has 2 atom stereocenters. The van der Waals surface area contributed by atoms with Gasteiger partial charge in [0.15, 0.2) is 0 Å². The van der Waals surface area contributed by atoms with Crippen LogP contribution in [0.15, 0.2) is 24.3 Å². The van der Waals surface area contributed by atoms with Crippen molar-refractivity contribution in [2.24, 2.45) is 0 Å². The smallest absolute Gasteiger partial charge is 0.387 e. The number of aliphatic hydroxyl groups is 1. The number of β-amino-alcohol motifs (C(OH)–C–C–N with tert-alkyl or cyclic N) is 1. The van der Waals surface area contributed by atoms with Crippen LogP contribution in [0.2, 0.25) is 0 Å². The molecule has 1 heterocycles. The highest BCUT2D eigenvalue weighted by atomic mass is 19.3. The molecular weight excluding hydrogens is 290 g/mol. The fraction of sp³-hybridized carbons (Fsp3) is 0.625. The van der Waals surface area contributed by atoms with Gasteiger partial charge in [-0.25, -0.2) is 0 Å². The van der Waals surface area contributed by atoms with Gasteiger partial charge in [0.2, 0.25) is 0 Å². The lowest BCUT2D eigenvalue weighted by molar-refractivity contribution is -0.0507. The number of nitrogens with zero attached hydrogens (tertiary/aromatic N) is 1. The van der Waals surface area contributed by atoms with Gasteiger partial charge >= 0.3 is 6.61 Å². The minimum atomic E-state index is -2.84. The largest absolute Gasteiger partial charge is 0.434 e. The monoisotopic (exact) mass is 314 g/mol. The summed E-state index contributed by atoms with van der Waals surface area (Å²) in [5.41, 5.74) is 0.663. The number of halogens is 2. The number of aliphatic hydroxyl groups excluding tert-OH is 1. The Bertz CT molecular complexity index is 454. The Labute approximate surface area is 130 Å². The average molecular weight is 314 g/mol. The quantitative estimate of drug-likeness (QED) is 0.773. The standard InChI is InChI=1S/C16H24F2N2O2/c1-12(14-6-2-3-7-15(14)22-16(17)18)19-10-13(21)11-20-8-4-5-9-20/h2-3,6-7,12-13,16,19,21H,4-5,8-11H2,1H3. The number of hydrogen-bond acceptors (Lipinski definition) is 4. The molecule has 22 heavy (non-hydrogen) atoms. The zero-order valence-electron chi connectivity index (χ0n) is 12.8. The summed E-state index contributed by atoms with van der Waals surface area (Å²) in [6.45, 7) is 2.18. The van der Waals surface area contributed by atoms with Crippen molar-refractivity contribution in [3.63, 3.8) is 0 Å². The molecule has 2 unspecified atom stereocenters. The molecule has 1 fully saturated rings. The first-order valence-electron chi connectivity index (χ1n) is 7.74. The average Bonchev–Trinajstić information content (AvgIpc) is 2.97. The Morgan fingerprint density at radius 1 is 1.27 bits per heavy atom. The van der Waals surface area contributed by atoms with Crippen LogP contribution in [-0.2, 0) is 0 Å². The Balaban J connectivity index is 1.84. The maximum atomic E-state index is 12.4. The number of ether oxygens (including phenoxy) is 1. The fourth-order valence-electron chi connectivity index (χ4n) is 2.79. The normalized spacial score (nSPS) is 18.6. The van der Waals surface area contributed by atoms with E-state index in [2.05, 4.69) is 15.0 Å². The van der Waals surface area contributed by atoms with E-state index in [1.54, 1.807) is 18.2 Å². The molecule has 0 radical (unpaired) electrons. The molecule has 1 aromatic rings. The molecule has 0 aromatic heterocycles. The minimum Gasteiger partial charge on any atom is -0.434 e. The second-order valence-electron chi connectivity index (χ2n) is 5.71. The van der Waals surface area contributed by atoms with E-state index in [1.165, 1.54) is 18.9 Å². The van der Waals surface area contributed by atoms with E-state index >= 15 is 0 Å². The summed E-state index contributed by atoms with van der Waals surface area (Å²) in [6, 6.07) is 6.55. The molecule has 2 rings (SSSR count). The molecule has 0 spiro atoms. The molecule has 0 bridgehead atoms. The van der Waals surface area contributed by atoms with Crippen molar-refractivity contribution in [2.45, 2.75) is 38.5 Å². The highest BCUT2D eigenvalue weighted by Crippen LogP contribution is 2.26. The lowest BCUT2D eigenvalue weighted by atomic mass is 10.1. The Morgan fingerprint density at radius 2 is 1.95 bits per heavy atom. The zero-order valence-corrected chi connectivity index (χ0v) is 12.8. The number of benzene rings is 1. The molecule has 0 aliphatic carbocycles. The highest BCUT2D eigenvalue weighted by molar-refractivity contribution is 5.35. The van der Waals surface area contributed by atoms with Gasteiger partial charge in [0.25, 0.3) is 0 Å². The van der Waals surface area contributed by atoms with Crippen LogP contribution in [0.5, 0.6) is 5.75 Å². The van der Waals surface area contributed by atoms with E-state index in [0.29, 0.717) is 18.7 Å². The Hall–Kier alpha value is -1.24. The number of nitrogens with one attached hydrogen (secondary N) is 1. The number of rotatable bonds is 8. The Morgan fingerprint density at radius 3 is 2.64 bits per heavy atom. The van der Waals surface area contributed by atoms with Crippen molar-refractivity contribution in [3.05, 3.63) is 29.8 Å². The molecule has 124 valence electrons. The molecule has 0 amide bonds. The van der Waals surface area contributed by atoms with Gasteiger partial charge in [-0.15, -0.1) is 0 Å². The van der Waals surface area contributed by atoms with E-state index in [4.69, 9.17) is 0 Å². The lowest BCUT2D eigenvalue weighted by Crippen LogP contribution is -2.37. The first-order chi connectivity index (χ1) is 10.6. The maximum Gasteiger partial charge on any atom is 0.387 e. The Kier molecular flexibility index (Phi) is 6.54. The number of likely N-dealkylation sites (tertiary alicyclic amines) is 1. The van der Waals surface area contributed by atoms with Gasteiger partial charge in [0, 0.05) is 24.7 Å². The van der Waals surface area contributed by atoms with Gasteiger partial charge in [-0.05, 0) is 38.9 Å². The summed E-state index contributed by atoms with van der Waals surface area (Å²) in [4.78, 5) is 2.24. The third-order valence-electron chi connectivity index (χ3n) is 3.93. The van der Waals surface area contributed by atoms with Gasteiger partial charge in [0.05, 0.1) is 6.10 Å². The summed E-state index contributed by atoms with van der Waals surface area (Å²) in [5.74, 6) is 0.173. The fourth-order valence-corrected chi connectivity index (χ4v) is 2.79. The van der Waals surface area contributed by atoms with Crippen LogP contribution in [0, 0.1) is 0 Å². The summed E-state index contributed by atoms with van der Waals surface area (Å²) in [6.07, 6.45) is 1.91. The number of hydrogen-bond donors (Lipinski definition) is 2. The van der Waals surface area contributed by atoms with Crippen LogP contribution in [0.25, 0.3) is 0 Å². The summed E-state index contributed by atoms with van der Waals surface area (Å²) >= 11 is 0. The maximum absolute atomic E-state index is 12.4. The van der Waals surface area contributed by atoms with Gasteiger partial charge < -0.3 is 20.1 Å². The second-order valence-corrected chi connectivity index (χ2v) is 5.71. The van der Waals surface area contributed by atoms with Gasteiger partial charge in [-0.3, -0.25) is 0 Å². The van der Waals surface area contributed by atoms with Crippen molar-refractivity contribution in [2.75, 3.05) is 26.2 Å². The van der Waals surface area contributed by atoms with Gasteiger partial charge in [-0.1, -0.05) is 18.2 Å². The van der Waals surface area contributed by atoms with Crippen molar-refractivity contribution in [3.8, 4) is 5.75 Å². The second kappa shape index (κ2) is 8.41. The lowest BCUT2D eigenvalue weighted by Gasteiger charge is -2.22. The molecule has 1 aliphatic heterocycles. The molecule has 1 aliphatic rings. The third kappa shape index (κ3) is 5.19. The van der Waals surface area contributed by atoms with E-state index in [0.717, 1.165) is 13.1 Å². The van der Waals surface area contributed by atoms with Crippen LogP contribution < -0.4 is 10.1 Å². The molecule has 6 heteroatoms. The SMILES string of the molecule is CC(NCC(O)CN1CCCC1)c1ccccc1OC(F)F.